The highest BCUT2D eigenvalue weighted by Gasteiger charge is 2.30. The summed E-state index contributed by atoms with van der Waals surface area (Å²) in [6, 6.07) is 21.6. The van der Waals surface area contributed by atoms with Gasteiger partial charge in [-0.1, -0.05) is 48.0 Å². The van der Waals surface area contributed by atoms with Crippen molar-refractivity contribution in [1.82, 2.24) is 4.98 Å². The summed E-state index contributed by atoms with van der Waals surface area (Å²) in [5.41, 5.74) is 3.28. The molecule has 120 valence electrons. The predicted molar refractivity (Wildman–Crippen MR) is 101 cm³/mol. The quantitative estimate of drug-likeness (QED) is 0.444. The van der Waals surface area contributed by atoms with E-state index in [9.17, 15) is 4.79 Å². The van der Waals surface area contributed by atoms with Gasteiger partial charge >= 0.3 is 0 Å². The van der Waals surface area contributed by atoms with Crippen LogP contribution in [0.3, 0.4) is 0 Å². The number of anilines is 1. The molecular formula is C21H13ClN2O. The summed E-state index contributed by atoms with van der Waals surface area (Å²) in [6.45, 7) is 0.481. The van der Waals surface area contributed by atoms with Crippen LogP contribution >= 0.6 is 11.6 Å². The summed E-state index contributed by atoms with van der Waals surface area (Å²) in [6.07, 6.45) is 0. The molecule has 3 nitrogen and oxygen atoms in total. The average Bonchev–Trinajstić information content (AvgIpc) is 2.97. The zero-order chi connectivity index (χ0) is 17.0. The van der Waals surface area contributed by atoms with Crippen LogP contribution in [-0.2, 0) is 6.54 Å². The third-order valence-electron chi connectivity index (χ3n) is 4.71. The first-order valence-electron chi connectivity index (χ1n) is 8.09. The molecule has 0 unspecified atom stereocenters. The molecule has 5 rings (SSSR count). The average molecular weight is 345 g/mol. The monoisotopic (exact) mass is 344 g/mol. The molecule has 25 heavy (non-hydrogen) atoms. The minimum absolute atomic E-state index is 0.0140. The van der Waals surface area contributed by atoms with Gasteiger partial charge in [-0.2, -0.15) is 0 Å². The first kappa shape index (κ1) is 14.4. The lowest BCUT2D eigenvalue weighted by Gasteiger charge is -2.15. The van der Waals surface area contributed by atoms with E-state index < -0.39 is 0 Å². The van der Waals surface area contributed by atoms with Gasteiger partial charge in [-0.05, 0) is 35.7 Å². The molecule has 0 saturated heterocycles. The second kappa shape index (κ2) is 5.30. The highest BCUT2D eigenvalue weighted by Crippen LogP contribution is 2.32. The maximum atomic E-state index is 12.8. The first-order chi connectivity index (χ1) is 12.2. The highest BCUT2D eigenvalue weighted by molar-refractivity contribution is 6.30. The maximum Gasteiger partial charge on any atom is 0.260 e. The van der Waals surface area contributed by atoms with Crippen LogP contribution in [0.15, 0.2) is 66.7 Å². The van der Waals surface area contributed by atoms with Crippen LogP contribution in [0.5, 0.6) is 0 Å². The number of halogens is 1. The Morgan fingerprint density at radius 3 is 2.52 bits per heavy atom. The van der Waals surface area contributed by atoms with Crippen LogP contribution in [0.25, 0.3) is 21.7 Å². The molecule has 1 aliphatic rings. The highest BCUT2D eigenvalue weighted by atomic mass is 35.5. The van der Waals surface area contributed by atoms with E-state index >= 15 is 0 Å². The van der Waals surface area contributed by atoms with Gasteiger partial charge < -0.3 is 4.90 Å². The number of pyridine rings is 1. The van der Waals surface area contributed by atoms with Gasteiger partial charge in [-0.15, -0.1) is 0 Å². The summed E-state index contributed by atoms with van der Waals surface area (Å²) in [7, 11) is 0. The minimum Gasteiger partial charge on any atom is -0.302 e. The number of nitrogens with zero attached hydrogens (tertiary/aromatic N) is 2. The fourth-order valence-electron chi connectivity index (χ4n) is 3.45. The van der Waals surface area contributed by atoms with Crippen molar-refractivity contribution in [3.8, 4) is 0 Å². The molecule has 0 radical (unpaired) electrons. The number of hydrogen-bond acceptors (Lipinski definition) is 2. The second-order valence-electron chi connectivity index (χ2n) is 6.21. The van der Waals surface area contributed by atoms with E-state index in [0.717, 1.165) is 33.1 Å². The Morgan fingerprint density at radius 2 is 1.68 bits per heavy atom. The summed E-state index contributed by atoms with van der Waals surface area (Å²) in [5, 5.41) is 3.91. The van der Waals surface area contributed by atoms with Crippen molar-refractivity contribution in [3.05, 3.63) is 83.0 Å². The molecule has 0 spiro atoms. The predicted octanol–water partition coefficient (Wildman–Crippen LogP) is 5.20. The van der Waals surface area contributed by atoms with E-state index in [1.165, 1.54) is 0 Å². The smallest absolute Gasteiger partial charge is 0.260 e. The Kier molecular flexibility index (Phi) is 3.06. The standard InChI is InChI=1S/C21H13ClN2O/c22-15-7-9-16(10-8-15)24-12-19-18(21(24)25)11-14-6-5-13-3-1-2-4-17(13)20(14)23-19/h1-11H,12H2. The van der Waals surface area contributed by atoms with E-state index in [0.29, 0.717) is 17.1 Å². The number of aromatic nitrogens is 1. The number of amides is 1. The van der Waals surface area contributed by atoms with Crippen molar-refractivity contribution in [1.29, 1.82) is 0 Å². The molecule has 1 amide bonds. The molecule has 1 aliphatic heterocycles. The van der Waals surface area contributed by atoms with Crippen molar-refractivity contribution in [2.75, 3.05) is 4.90 Å². The molecule has 0 atom stereocenters. The number of carbonyl (C=O) groups is 1. The molecule has 4 aromatic rings. The van der Waals surface area contributed by atoms with Gasteiger partial charge in [0, 0.05) is 21.5 Å². The lowest BCUT2D eigenvalue weighted by Crippen LogP contribution is -2.22. The zero-order valence-electron chi connectivity index (χ0n) is 13.2. The summed E-state index contributed by atoms with van der Waals surface area (Å²) >= 11 is 5.95. The zero-order valence-corrected chi connectivity index (χ0v) is 14.0. The Bertz CT molecular complexity index is 1150. The van der Waals surface area contributed by atoms with E-state index in [-0.39, 0.29) is 5.91 Å². The van der Waals surface area contributed by atoms with Gasteiger partial charge in [0.15, 0.2) is 0 Å². The molecule has 2 heterocycles. The van der Waals surface area contributed by atoms with Crippen molar-refractivity contribution in [3.63, 3.8) is 0 Å². The van der Waals surface area contributed by atoms with Crippen molar-refractivity contribution in [2.45, 2.75) is 6.54 Å². The third-order valence-corrected chi connectivity index (χ3v) is 4.96. The van der Waals surface area contributed by atoms with Gasteiger partial charge in [0.25, 0.3) is 5.91 Å². The summed E-state index contributed by atoms with van der Waals surface area (Å²) < 4.78 is 0. The summed E-state index contributed by atoms with van der Waals surface area (Å²) in [4.78, 5) is 19.4. The van der Waals surface area contributed by atoms with E-state index in [2.05, 4.69) is 18.2 Å². The topological polar surface area (TPSA) is 33.2 Å². The van der Waals surface area contributed by atoms with Gasteiger partial charge in [0.05, 0.1) is 23.3 Å². The fraction of sp³-hybridized carbons (Fsp3) is 0.0476. The van der Waals surface area contributed by atoms with E-state index in [1.54, 1.807) is 17.0 Å². The molecule has 3 aromatic carbocycles. The Balaban J connectivity index is 1.67. The van der Waals surface area contributed by atoms with Gasteiger partial charge in [0.2, 0.25) is 0 Å². The van der Waals surface area contributed by atoms with Crippen LogP contribution in [0.1, 0.15) is 16.1 Å². The molecule has 0 N–H and O–H groups in total. The number of carbonyl (C=O) groups excluding carboxylic acids is 1. The lowest BCUT2D eigenvalue weighted by atomic mass is 10.0. The Hall–Kier alpha value is -2.91. The number of hydrogen-bond donors (Lipinski definition) is 0. The van der Waals surface area contributed by atoms with Crippen LogP contribution < -0.4 is 4.90 Å². The van der Waals surface area contributed by atoms with Gasteiger partial charge in [0.1, 0.15) is 0 Å². The molecule has 0 bridgehead atoms. The molecular weight excluding hydrogens is 332 g/mol. The van der Waals surface area contributed by atoms with Crippen LogP contribution in [0.2, 0.25) is 5.02 Å². The van der Waals surface area contributed by atoms with Gasteiger partial charge in [-0.25, -0.2) is 4.98 Å². The van der Waals surface area contributed by atoms with Crippen molar-refractivity contribution >= 4 is 44.9 Å². The van der Waals surface area contributed by atoms with Crippen LogP contribution in [0.4, 0.5) is 5.69 Å². The Morgan fingerprint density at radius 1 is 0.920 bits per heavy atom. The van der Waals surface area contributed by atoms with Crippen LogP contribution in [-0.4, -0.2) is 10.9 Å². The number of fused-ring (bicyclic) bond motifs is 4. The molecule has 0 aliphatic carbocycles. The van der Waals surface area contributed by atoms with Crippen molar-refractivity contribution < 1.29 is 4.79 Å². The lowest BCUT2D eigenvalue weighted by molar-refractivity contribution is 0.0996. The van der Waals surface area contributed by atoms with E-state index in [1.807, 2.05) is 36.4 Å². The number of benzene rings is 3. The normalized spacial score (nSPS) is 13.6. The van der Waals surface area contributed by atoms with Crippen molar-refractivity contribution in [2.24, 2.45) is 0 Å². The SMILES string of the molecule is O=C1c2cc3ccc4ccccc4c3nc2CN1c1ccc(Cl)cc1. The third kappa shape index (κ3) is 2.20. The molecule has 1 aromatic heterocycles. The Labute approximate surface area is 149 Å². The van der Waals surface area contributed by atoms with E-state index in [4.69, 9.17) is 16.6 Å². The minimum atomic E-state index is -0.0140. The molecule has 0 fully saturated rings. The first-order valence-corrected chi connectivity index (χ1v) is 8.47. The van der Waals surface area contributed by atoms with Crippen LogP contribution in [0, 0.1) is 0 Å². The fourth-order valence-corrected chi connectivity index (χ4v) is 3.58. The molecule has 4 heteroatoms. The largest absolute Gasteiger partial charge is 0.302 e. The maximum absolute atomic E-state index is 12.8. The second-order valence-corrected chi connectivity index (χ2v) is 6.65. The summed E-state index contributed by atoms with van der Waals surface area (Å²) in [5.74, 6) is -0.0140. The van der Waals surface area contributed by atoms with Gasteiger partial charge in [-0.3, -0.25) is 4.79 Å². The molecule has 0 saturated carbocycles. The number of rotatable bonds is 1.